The van der Waals surface area contributed by atoms with E-state index in [1.54, 1.807) is 6.20 Å². The van der Waals surface area contributed by atoms with Crippen LogP contribution in [0.5, 0.6) is 0 Å². The van der Waals surface area contributed by atoms with Crippen LogP contribution < -0.4 is 11.1 Å². The Balaban J connectivity index is 0.00000225. The molecule has 1 aromatic carbocycles. The number of carbonyl (C=O) groups is 1. The monoisotopic (exact) mass is 362 g/mol. The van der Waals surface area contributed by atoms with Crippen LogP contribution in [0.4, 0.5) is 0 Å². The number of aromatic nitrogens is 2. The number of hydrogen-bond donors (Lipinski definition) is 2. The first-order valence-corrected chi connectivity index (χ1v) is 8.77. The van der Waals surface area contributed by atoms with Gasteiger partial charge in [0.25, 0.3) is 0 Å². The summed E-state index contributed by atoms with van der Waals surface area (Å²) in [6, 6.07) is 9.95. The highest BCUT2D eigenvalue weighted by atomic mass is 35.5. The van der Waals surface area contributed by atoms with Gasteiger partial charge in [-0.15, -0.1) is 12.4 Å². The van der Waals surface area contributed by atoms with Gasteiger partial charge in [0.1, 0.15) is 0 Å². The summed E-state index contributed by atoms with van der Waals surface area (Å²) in [5, 5.41) is 7.38. The van der Waals surface area contributed by atoms with Crippen molar-refractivity contribution in [1.29, 1.82) is 0 Å². The van der Waals surface area contributed by atoms with E-state index in [1.807, 2.05) is 41.2 Å². The number of nitrogens with one attached hydrogen (secondary N) is 1. The van der Waals surface area contributed by atoms with Gasteiger partial charge >= 0.3 is 0 Å². The number of nitrogens with two attached hydrogens (primary N) is 1. The van der Waals surface area contributed by atoms with Crippen LogP contribution in [0, 0.1) is 5.41 Å². The number of benzene rings is 1. The van der Waals surface area contributed by atoms with Crippen molar-refractivity contribution in [3.8, 4) is 5.69 Å². The maximum absolute atomic E-state index is 12.3. The summed E-state index contributed by atoms with van der Waals surface area (Å²) in [6.07, 6.45) is 10.1. The lowest BCUT2D eigenvalue weighted by atomic mass is 9.71. The fourth-order valence-corrected chi connectivity index (χ4v) is 3.53. The van der Waals surface area contributed by atoms with Gasteiger partial charge in [-0.1, -0.05) is 37.5 Å². The van der Waals surface area contributed by atoms with Crippen molar-refractivity contribution < 1.29 is 4.79 Å². The van der Waals surface area contributed by atoms with E-state index in [0.29, 0.717) is 19.5 Å². The molecule has 0 saturated heterocycles. The molecule has 0 unspecified atom stereocenters. The summed E-state index contributed by atoms with van der Waals surface area (Å²) in [5.74, 6) is 0.0924. The Morgan fingerprint density at radius 2 is 1.92 bits per heavy atom. The predicted molar refractivity (Wildman–Crippen MR) is 102 cm³/mol. The summed E-state index contributed by atoms with van der Waals surface area (Å²) in [7, 11) is 0. The number of para-hydroxylation sites is 1. The van der Waals surface area contributed by atoms with Gasteiger partial charge in [-0.25, -0.2) is 4.68 Å². The van der Waals surface area contributed by atoms with Crippen molar-refractivity contribution in [3.63, 3.8) is 0 Å². The van der Waals surface area contributed by atoms with E-state index in [-0.39, 0.29) is 23.7 Å². The Morgan fingerprint density at radius 3 is 2.60 bits per heavy atom. The van der Waals surface area contributed by atoms with Gasteiger partial charge in [-0.2, -0.15) is 5.10 Å². The molecule has 1 aliphatic rings. The van der Waals surface area contributed by atoms with Crippen LogP contribution in [0.25, 0.3) is 5.69 Å². The van der Waals surface area contributed by atoms with Gasteiger partial charge in [-0.05, 0) is 36.9 Å². The van der Waals surface area contributed by atoms with Gasteiger partial charge in [0, 0.05) is 24.7 Å². The Morgan fingerprint density at radius 1 is 1.20 bits per heavy atom. The van der Waals surface area contributed by atoms with Crippen LogP contribution in [0.1, 0.15) is 44.1 Å². The molecular formula is C19H27ClN4O. The molecule has 6 heteroatoms. The number of hydrogen-bond acceptors (Lipinski definition) is 3. The largest absolute Gasteiger partial charge is 0.352 e. The average Bonchev–Trinajstić information content (AvgIpc) is 3.11. The maximum atomic E-state index is 12.3. The quantitative estimate of drug-likeness (QED) is 0.828. The average molecular weight is 363 g/mol. The lowest BCUT2D eigenvalue weighted by molar-refractivity contribution is -0.124. The van der Waals surface area contributed by atoms with E-state index in [9.17, 15) is 4.79 Å². The highest BCUT2D eigenvalue weighted by Gasteiger charge is 2.32. The molecule has 1 saturated carbocycles. The third-order valence-electron chi connectivity index (χ3n) is 5.03. The summed E-state index contributed by atoms with van der Waals surface area (Å²) in [5.41, 5.74) is 7.99. The Bertz CT molecular complexity index is 665. The van der Waals surface area contributed by atoms with E-state index >= 15 is 0 Å². The normalized spacial score (nSPS) is 16.0. The molecule has 1 aromatic heterocycles. The van der Waals surface area contributed by atoms with Gasteiger partial charge in [-0.3, -0.25) is 4.79 Å². The number of amides is 1. The van der Waals surface area contributed by atoms with E-state index in [0.717, 1.165) is 24.1 Å². The second-order valence-electron chi connectivity index (χ2n) is 6.85. The van der Waals surface area contributed by atoms with Gasteiger partial charge < -0.3 is 11.1 Å². The van der Waals surface area contributed by atoms with Crippen molar-refractivity contribution in [3.05, 3.63) is 48.3 Å². The third kappa shape index (κ3) is 5.06. The number of carbonyl (C=O) groups excluding carboxylic acids is 1. The van der Waals surface area contributed by atoms with Crippen LogP contribution in [-0.2, 0) is 11.3 Å². The van der Waals surface area contributed by atoms with Crippen LogP contribution >= 0.6 is 12.4 Å². The Labute approximate surface area is 155 Å². The van der Waals surface area contributed by atoms with Crippen molar-refractivity contribution in [2.24, 2.45) is 11.1 Å². The van der Waals surface area contributed by atoms with Crippen molar-refractivity contribution >= 4 is 18.3 Å². The first-order chi connectivity index (χ1) is 11.7. The molecule has 2 aromatic rings. The Kier molecular flexibility index (Phi) is 7.02. The number of rotatable bonds is 6. The molecule has 1 amide bonds. The molecule has 5 nitrogen and oxygen atoms in total. The van der Waals surface area contributed by atoms with Gasteiger partial charge in [0.05, 0.1) is 11.9 Å². The molecular weight excluding hydrogens is 336 g/mol. The molecule has 1 fully saturated rings. The smallest absolute Gasteiger partial charge is 0.220 e. The highest BCUT2D eigenvalue weighted by Crippen LogP contribution is 2.38. The number of halogens is 1. The molecule has 1 aliphatic carbocycles. The summed E-state index contributed by atoms with van der Waals surface area (Å²) >= 11 is 0. The van der Waals surface area contributed by atoms with Crippen molar-refractivity contribution in [2.75, 3.05) is 6.54 Å². The van der Waals surface area contributed by atoms with Crippen molar-refractivity contribution in [2.45, 2.75) is 45.1 Å². The molecule has 3 N–H and O–H groups in total. The molecule has 0 atom stereocenters. The van der Waals surface area contributed by atoms with Crippen LogP contribution in [0.15, 0.2) is 42.7 Å². The van der Waals surface area contributed by atoms with Crippen LogP contribution in [-0.4, -0.2) is 22.2 Å². The summed E-state index contributed by atoms with van der Waals surface area (Å²) in [6.45, 7) is 1.11. The zero-order chi connectivity index (χ0) is 16.8. The lowest BCUT2D eigenvalue weighted by Gasteiger charge is -2.35. The van der Waals surface area contributed by atoms with E-state index in [4.69, 9.17) is 5.73 Å². The number of nitrogens with zero attached hydrogens (tertiary/aromatic N) is 2. The third-order valence-corrected chi connectivity index (χ3v) is 5.03. The summed E-state index contributed by atoms with van der Waals surface area (Å²) in [4.78, 5) is 12.3. The van der Waals surface area contributed by atoms with Crippen LogP contribution in [0.3, 0.4) is 0 Å². The molecule has 136 valence electrons. The topological polar surface area (TPSA) is 72.9 Å². The van der Waals surface area contributed by atoms with Gasteiger partial charge in [0.2, 0.25) is 5.91 Å². The van der Waals surface area contributed by atoms with Gasteiger partial charge in [0.15, 0.2) is 0 Å². The van der Waals surface area contributed by atoms with E-state index < -0.39 is 0 Å². The zero-order valence-corrected chi connectivity index (χ0v) is 15.3. The second-order valence-corrected chi connectivity index (χ2v) is 6.85. The zero-order valence-electron chi connectivity index (χ0n) is 14.5. The fraction of sp³-hybridized carbons (Fsp3) is 0.474. The predicted octanol–water partition coefficient (Wildman–Crippen LogP) is 3.21. The first-order valence-electron chi connectivity index (χ1n) is 8.77. The van der Waals surface area contributed by atoms with Crippen molar-refractivity contribution in [1.82, 2.24) is 15.1 Å². The second kappa shape index (κ2) is 9.02. The Hall–Kier alpha value is -1.85. The molecule has 0 radical (unpaired) electrons. The molecule has 1 heterocycles. The molecule has 3 rings (SSSR count). The molecule has 0 aliphatic heterocycles. The van der Waals surface area contributed by atoms with E-state index in [1.165, 1.54) is 19.3 Å². The highest BCUT2D eigenvalue weighted by molar-refractivity contribution is 5.85. The minimum Gasteiger partial charge on any atom is -0.352 e. The minimum atomic E-state index is 0. The SMILES string of the molecule is Cl.NCC1(CC(=O)NCc2cnn(-c3ccccc3)c2)CCCCC1. The summed E-state index contributed by atoms with van der Waals surface area (Å²) < 4.78 is 1.82. The molecule has 0 spiro atoms. The maximum Gasteiger partial charge on any atom is 0.220 e. The molecule has 25 heavy (non-hydrogen) atoms. The molecule has 0 bridgehead atoms. The van der Waals surface area contributed by atoms with Crippen LogP contribution in [0.2, 0.25) is 0 Å². The first kappa shape index (κ1) is 19.5. The fourth-order valence-electron chi connectivity index (χ4n) is 3.53. The lowest BCUT2D eigenvalue weighted by Crippen LogP contribution is -2.38. The van der Waals surface area contributed by atoms with E-state index in [2.05, 4.69) is 10.4 Å². The standard InChI is InChI=1S/C19H26N4O.ClH/c20-15-19(9-5-2-6-10-19)11-18(24)21-12-16-13-22-23(14-16)17-7-3-1-4-8-17;/h1,3-4,7-8,13-14H,2,5-6,9-12,15,20H2,(H,21,24);1H. The minimum absolute atomic E-state index is 0.